The van der Waals surface area contributed by atoms with Gasteiger partial charge in [0.05, 0.1) is 11.0 Å². The Morgan fingerprint density at radius 1 is 1.11 bits per heavy atom. The largest absolute Gasteiger partial charge is 0.486 e. The fourth-order valence-electron chi connectivity index (χ4n) is 4.06. The van der Waals surface area contributed by atoms with E-state index in [1.54, 1.807) is 0 Å². The van der Waals surface area contributed by atoms with Crippen LogP contribution in [0.2, 0.25) is 0 Å². The molecule has 146 valence electrons. The summed E-state index contributed by atoms with van der Waals surface area (Å²) in [6.07, 6.45) is 4.43. The van der Waals surface area contributed by atoms with Gasteiger partial charge in [0, 0.05) is 12.6 Å². The van der Waals surface area contributed by atoms with Crippen LogP contribution in [0, 0.1) is 0 Å². The maximum absolute atomic E-state index is 13.1. The van der Waals surface area contributed by atoms with Crippen molar-refractivity contribution in [2.45, 2.75) is 51.8 Å². The minimum Gasteiger partial charge on any atom is -0.486 e. The second kappa shape index (κ2) is 8.46. The molecule has 0 radical (unpaired) electrons. The van der Waals surface area contributed by atoms with Gasteiger partial charge in [-0.15, -0.1) is 0 Å². The predicted octanol–water partition coefficient (Wildman–Crippen LogP) is 4.41. The Balaban J connectivity index is 1.58. The topological polar surface area (TPSA) is 47.4 Å². The lowest BCUT2D eigenvalue weighted by molar-refractivity contribution is -0.135. The number of carbonyl (C=O) groups is 1. The van der Waals surface area contributed by atoms with Gasteiger partial charge in [-0.2, -0.15) is 0 Å². The minimum atomic E-state index is 0.177. The van der Waals surface area contributed by atoms with Gasteiger partial charge in [-0.1, -0.05) is 37.3 Å². The smallest absolute Gasteiger partial charge is 0.242 e. The summed E-state index contributed by atoms with van der Waals surface area (Å²) >= 11 is 0. The molecule has 1 aromatic heterocycles. The van der Waals surface area contributed by atoms with Crippen molar-refractivity contribution < 1.29 is 9.53 Å². The lowest BCUT2D eigenvalue weighted by Gasteiger charge is -2.35. The van der Waals surface area contributed by atoms with E-state index in [1.165, 1.54) is 6.42 Å². The summed E-state index contributed by atoms with van der Waals surface area (Å²) in [5, 5.41) is 0. The average molecular weight is 377 g/mol. The number of hydrogen-bond acceptors (Lipinski definition) is 3. The molecular formula is C23H27N3O2. The summed E-state index contributed by atoms with van der Waals surface area (Å²) in [5.41, 5.74) is 1.88. The molecule has 1 unspecified atom stereocenters. The van der Waals surface area contributed by atoms with Crippen LogP contribution in [0.4, 0.5) is 0 Å². The van der Waals surface area contributed by atoms with E-state index in [0.29, 0.717) is 19.2 Å². The number of fused-ring (bicyclic) bond motifs is 1. The van der Waals surface area contributed by atoms with E-state index in [9.17, 15) is 4.79 Å². The molecule has 1 saturated heterocycles. The number of rotatable bonds is 6. The molecule has 1 aliphatic heterocycles. The molecule has 1 aliphatic rings. The third kappa shape index (κ3) is 3.88. The normalized spacial score (nSPS) is 17.0. The van der Waals surface area contributed by atoms with Gasteiger partial charge in [-0.25, -0.2) is 4.98 Å². The Morgan fingerprint density at radius 3 is 2.71 bits per heavy atom. The molecule has 1 atom stereocenters. The van der Waals surface area contributed by atoms with Gasteiger partial charge in [0.2, 0.25) is 5.91 Å². The molecule has 0 bridgehead atoms. The van der Waals surface area contributed by atoms with E-state index in [0.717, 1.165) is 48.4 Å². The van der Waals surface area contributed by atoms with E-state index >= 15 is 0 Å². The molecule has 3 aromatic rings. The van der Waals surface area contributed by atoms with Crippen LogP contribution in [0.5, 0.6) is 5.75 Å². The molecule has 2 heterocycles. The van der Waals surface area contributed by atoms with E-state index in [1.807, 2.05) is 59.2 Å². The van der Waals surface area contributed by atoms with Gasteiger partial charge in [0.25, 0.3) is 0 Å². The van der Waals surface area contributed by atoms with Gasteiger partial charge in [-0.05, 0) is 49.9 Å². The van der Waals surface area contributed by atoms with Crippen molar-refractivity contribution in [1.82, 2.24) is 14.5 Å². The van der Waals surface area contributed by atoms with Gasteiger partial charge in [-0.3, -0.25) is 4.79 Å². The van der Waals surface area contributed by atoms with Crippen molar-refractivity contribution in [2.24, 2.45) is 0 Å². The van der Waals surface area contributed by atoms with Crippen molar-refractivity contribution in [2.75, 3.05) is 6.54 Å². The molecule has 28 heavy (non-hydrogen) atoms. The van der Waals surface area contributed by atoms with Gasteiger partial charge in [0.1, 0.15) is 24.7 Å². The summed E-state index contributed by atoms with van der Waals surface area (Å²) in [7, 11) is 0. The van der Waals surface area contributed by atoms with Crippen LogP contribution in [0.25, 0.3) is 11.0 Å². The zero-order chi connectivity index (χ0) is 19.3. The van der Waals surface area contributed by atoms with Crippen LogP contribution < -0.4 is 4.74 Å². The highest BCUT2D eigenvalue weighted by Crippen LogP contribution is 2.22. The van der Waals surface area contributed by atoms with E-state index in [2.05, 4.69) is 11.8 Å². The second-order valence-electron chi connectivity index (χ2n) is 7.35. The number of ether oxygens (including phenoxy) is 1. The fraction of sp³-hybridized carbons (Fsp3) is 0.391. The summed E-state index contributed by atoms with van der Waals surface area (Å²) in [4.78, 5) is 19.9. The van der Waals surface area contributed by atoms with E-state index < -0.39 is 0 Å². The number of nitrogens with zero attached hydrogens (tertiary/aromatic N) is 3. The first kappa shape index (κ1) is 18.5. The molecule has 1 fully saturated rings. The van der Waals surface area contributed by atoms with Gasteiger partial charge >= 0.3 is 0 Å². The molecule has 4 rings (SSSR count). The lowest BCUT2D eigenvalue weighted by atomic mass is 10.00. The van der Waals surface area contributed by atoms with Crippen molar-refractivity contribution in [3.63, 3.8) is 0 Å². The van der Waals surface area contributed by atoms with Crippen LogP contribution in [0.3, 0.4) is 0 Å². The minimum absolute atomic E-state index is 0.177. The van der Waals surface area contributed by atoms with Crippen molar-refractivity contribution in [1.29, 1.82) is 0 Å². The third-order valence-electron chi connectivity index (χ3n) is 5.56. The second-order valence-corrected chi connectivity index (χ2v) is 7.35. The number of carbonyl (C=O) groups excluding carboxylic acids is 1. The Kier molecular flexibility index (Phi) is 5.60. The third-order valence-corrected chi connectivity index (χ3v) is 5.56. The van der Waals surface area contributed by atoms with E-state index in [4.69, 9.17) is 9.72 Å². The molecule has 5 nitrogen and oxygen atoms in total. The highest BCUT2D eigenvalue weighted by molar-refractivity contribution is 5.81. The van der Waals surface area contributed by atoms with Crippen LogP contribution in [-0.4, -0.2) is 32.9 Å². The summed E-state index contributed by atoms with van der Waals surface area (Å²) in [6, 6.07) is 18.0. The molecule has 0 saturated carbocycles. The Bertz CT molecular complexity index is 935. The molecule has 2 aromatic carbocycles. The Hall–Kier alpha value is -2.82. The van der Waals surface area contributed by atoms with Crippen LogP contribution >= 0.6 is 0 Å². The van der Waals surface area contributed by atoms with E-state index in [-0.39, 0.29) is 5.91 Å². The highest BCUT2D eigenvalue weighted by Gasteiger charge is 2.26. The summed E-state index contributed by atoms with van der Waals surface area (Å²) in [6.45, 7) is 3.68. The fourth-order valence-corrected chi connectivity index (χ4v) is 4.06. The number of piperidine rings is 1. The van der Waals surface area contributed by atoms with Gasteiger partial charge < -0.3 is 14.2 Å². The van der Waals surface area contributed by atoms with Crippen LogP contribution in [-0.2, 0) is 17.9 Å². The number of amides is 1. The molecule has 5 heteroatoms. The first-order valence-electron chi connectivity index (χ1n) is 10.2. The monoisotopic (exact) mass is 377 g/mol. The zero-order valence-electron chi connectivity index (χ0n) is 16.4. The number of para-hydroxylation sites is 3. The number of benzene rings is 2. The standard InChI is InChI=1S/C23H27N3O2/c1-2-18-10-8-9-15-25(18)23(27)16-26-21-14-7-6-13-20(21)24-22(26)17-28-19-11-4-3-5-12-19/h3-7,11-14,18H,2,8-10,15-17H2,1H3. The quantitative estimate of drug-likeness (QED) is 0.639. The molecule has 0 aliphatic carbocycles. The maximum atomic E-state index is 13.1. The number of likely N-dealkylation sites (tertiary alicyclic amines) is 1. The lowest BCUT2D eigenvalue weighted by Crippen LogP contribution is -2.45. The summed E-state index contributed by atoms with van der Waals surface area (Å²) < 4.78 is 7.94. The highest BCUT2D eigenvalue weighted by atomic mass is 16.5. The molecular weight excluding hydrogens is 350 g/mol. The van der Waals surface area contributed by atoms with Crippen LogP contribution in [0.1, 0.15) is 38.4 Å². The SMILES string of the molecule is CCC1CCCCN1C(=O)Cn1c(COc2ccccc2)nc2ccccc21. The maximum Gasteiger partial charge on any atom is 0.242 e. The molecule has 1 amide bonds. The first-order valence-corrected chi connectivity index (χ1v) is 10.2. The summed E-state index contributed by atoms with van der Waals surface area (Å²) in [5.74, 6) is 1.76. The van der Waals surface area contributed by atoms with Crippen molar-refractivity contribution in [3.8, 4) is 5.75 Å². The molecule has 0 spiro atoms. The zero-order valence-corrected chi connectivity index (χ0v) is 16.4. The predicted molar refractivity (Wildman–Crippen MR) is 110 cm³/mol. The number of hydrogen-bond donors (Lipinski definition) is 0. The molecule has 0 N–H and O–H groups in total. The van der Waals surface area contributed by atoms with Crippen molar-refractivity contribution >= 4 is 16.9 Å². The van der Waals surface area contributed by atoms with Gasteiger partial charge in [0.15, 0.2) is 0 Å². The van der Waals surface area contributed by atoms with Crippen LogP contribution in [0.15, 0.2) is 54.6 Å². The Labute approximate surface area is 165 Å². The van der Waals surface area contributed by atoms with Crippen molar-refractivity contribution in [3.05, 3.63) is 60.4 Å². The number of imidazole rings is 1. The average Bonchev–Trinajstić information content (AvgIpc) is 3.10. The first-order chi connectivity index (χ1) is 13.8. The number of aromatic nitrogens is 2. The Morgan fingerprint density at radius 2 is 1.89 bits per heavy atom.